The Hall–Kier alpha value is -3.60. The Morgan fingerprint density at radius 2 is 2.00 bits per heavy atom. The summed E-state index contributed by atoms with van der Waals surface area (Å²) in [6.07, 6.45) is 2.96. The average molecular weight is 399 g/mol. The summed E-state index contributed by atoms with van der Waals surface area (Å²) in [4.78, 5) is 23.4. The number of aromatic nitrogens is 5. The quantitative estimate of drug-likeness (QED) is 0.515. The highest BCUT2D eigenvalue weighted by Crippen LogP contribution is 2.31. The third-order valence-corrected chi connectivity index (χ3v) is 4.17. The van der Waals surface area contributed by atoms with Crippen LogP contribution in [0.1, 0.15) is 11.1 Å². The Labute approximate surface area is 162 Å². The molecule has 0 saturated heterocycles. The number of fused-ring (bicyclic) bond motifs is 1. The van der Waals surface area contributed by atoms with Crippen molar-refractivity contribution in [1.82, 2.24) is 23.7 Å². The van der Waals surface area contributed by atoms with Crippen molar-refractivity contribution in [3.05, 3.63) is 35.7 Å². The van der Waals surface area contributed by atoms with Crippen molar-refractivity contribution in [3.63, 3.8) is 0 Å². The van der Waals surface area contributed by atoms with E-state index in [0.717, 1.165) is 22.9 Å². The molecule has 0 unspecified atom stereocenters. The number of aliphatic carboxylic acids is 1. The normalized spacial score (nSPS) is 10.9. The van der Waals surface area contributed by atoms with Crippen molar-refractivity contribution in [2.75, 3.05) is 6.61 Å². The van der Waals surface area contributed by atoms with Crippen LogP contribution in [0.4, 0.5) is 0 Å². The molecule has 0 saturated carbocycles. The zero-order valence-electron chi connectivity index (χ0n) is 14.7. The highest BCUT2D eigenvalue weighted by Gasteiger charge is 2.15. The van der Waals surface area contributed by atoms with Crippen molar-refractivity contribution < 1.29 is 23.8 Å². The number of nitrogens with zero attached hydrogens (tertiary/aromatic N) is 5. The molecule has 0 aliphatic carbocycles. The molecular formula is C17H13N5O5S. The average Bonchev–Trinajstić information content (AvgIpc) is 3.29. The second-order valence-corrected chi connectivity index (χ2v) is 6.39. The Morgan fingerprint density at radius 1 is 1.21 bits per heavy atom. The number of carboxylic acid groups (broad SMARTS) is 1. The van der Waals surface area contributed by atoms with E-state index in [0.29, 0.717) is 28.6 Å². The van der Waals surface area contributed by atoms with Crippen LogP contribution in [0.25, 0.3) is 22.7 Å². The number of rotatable bonds is 6. The summed E-state index contributed by atoms with van der Waals surface area (Å²) in [5.41, 5.74) is 2.99. The Balaban J connectivity index is 1.64. The summed E-state index contributed by atoms with van der Waals surface area (Å²) >= 11 is 1.01. The van der Waals surface area contributed by atoms with E-state index >= 15 is 0 Å². The zero-order chi connectivity index (χ0) is 19.7. The Kier molecular flexibility index (Phi) is 4.57. The van der Waals surface area contributed by atoms with E-state index in [-0.39, 0.29) is 11.7 Å². The maximum Gasteiger partial charge on any atom is 0.341 e. The molecule has 0 amide bonds. The molecule has 28 heavy (non-hydrogen) atoms. The van der Waals surface area contributed by atoms with Crippen LogP contribution in [0, 0.1) is 13.8 Å². The number of hydrogen-bond acceptors (Lipinski definition) is 10. The predicted octanol–water partition coefficient (Wildman–Crippen LogP) is 3.01. The highest BCUT2D eigenvalue weighted by atomic mass is 32.1. The van der Waals surface area contributed by atoms with Crippen molar-refractivity contribution in [2.24, 2.45) is 0 Å². The number of benzene rings is 1. The number of carboxylic acids is 1. The monoisotopic (exact) mass is 399 g/mol. The van der Waals surface area contributed by atoms with E-state index < -0.39 is 12.6 Å². The number of oxazole rings is 1. The number of aryl methyl sites for hydroxylation is 2. The van der Waals surface area contributed by atoms with Crippen molar-refractivity contribution >= 4 is 28.9 Å². The van der Waals surface area contributed by atoms with Gasteiger partial charge in [0.1, 0.15) is 17.5 Å². The summed E-state index contributed by atoms with van der Waals surface area (Å²) in [6, 6.07) is 3.69. The Morgan fingerprint density at radius 3 is 2.68 bits per heavy atom. The Bertz CT molecular complexity index is 1140. The third kappa shape index (κ3) is 3.60. The molecule has 11 heteroatoms. The van der Waals surface area contributed by atoms with Crippen LogP contribution in [-0.4, -0.2) is 41.4 Å². The fraction of sp³-hybridized carbons (Fsp3) is 0.176. The van der Waals surface area contributed by atoms with Gasteiger partial charge < -0.3 is 19.0 Å². The van der Waals surface area contributed by atoms with Gasteiger partial charge in [-0.25, -0.2) is 14.8 Å². The fourth-order valence-corrected chi connectivity index (χ4v) is 2.97. The van der Waals surface area contributed by atoms with Crippen molar-refractivity contribution in [1.29, 1.82) is 0 Å². The summed E-state index contributed by atoms with van der Waals surface area (Å²) < 4.78 is 24.3. The number of carbonyl (C=O) groups is 1. The molecule has 0 bridgehead atoms. The standard InChI is InChI=1S/C17H13N5O5S/c1-8-3-10(4-9(2)14(8)25-7-13(23)24)15-20-11-5-18-17(21-16(11)27-15)26-12-6-19-28-22-12/h3-6H,7H2,1-2H3,(H,23,24). The largest absolute Gasteiger partial charge is 0.481 e. The van der Waals surface area contributed by atoms with E-state index in [2.05, 4.69) is 23.7 Å². The van der Waals surface area contributed by atoms with Gasteiger partial charge in [-0.3, -0.25) is 0 Å². The first kappa shape index (κ1) is 17.8. The molecule has 10 nitrogen and oxygen atoms in total. The molecule has 0 aliphatic rings. The van der Waals surface area contributed by atoms with Crippen LogP contribution >= 0.6 is 11.7 Å². The first-order valence-electron chi connectivity index (χ1n) is 8.05. The lowest BCUT2D eigenvalue weighted by atomic mass is 10.1. The summed E-state index contributed by atoms with van der Waals surface area (Å²) in [5.74, 6) is 0.140. The first-order valence-corrected chi connectivity index (χ1v) is 8.78. The minimum Gasteiger partial charge on any atom is -0.481 e. The smallest absolute Gasteiger partial charge is 0.341 e. The number of ether oxygens (including phenoxy) is 2. The van der Waals surface area contributed by atoms with Gasteiger partial charge in [0.25, 0.3) is 11.6 Å². The summed E-state index contributed by atoms with van der Waals surface area (Å²) in [7, 11) is 0. The van der Waals surface area contributed by atoms with Gasteiger partial charge in [0.05, 0.1) is 17.9 Å². The molecule has 3 aromatic heterocycles. The second-order valence-electron chi connectivity index (χ2n) is 5.83. The van der Waals surface area contributed by atoms with E-state index in [1.54, 1.807) is 12.1 Å². The lowest BCUT2D eigenvalue weighted by Gasteiger charge is -2.11. The summed E-state index contributed by atoms with van der Waals surface area (Å²) in [5, 5.41) is 8.79. The van der Waals surface area contributed by atoms with Crippen LogP contribution in [-0.2, 0) is 4.79 Å². The second kappa shape index (κ2) is 7.19. The number of hydrogen-bond donors (Lipinski definition) is 1. The van der Waals surface area contributed by atoms with Gasteiger partial charge in [0.15, 0.2) is 6.61 Å². The van der Waals surface area contributed by atoms with Gasteiger partial charge in [-0.05, 0) is 37.1 Å². The molecule has 3 heterocycles. The van der Waals surface area contributed by atoms with Crippen LogP contribution in [0.3, 0.4) is 0 Å². The third-order valence-electron chi connectivity index (χ3n) is 3.71. The molecule has 0 aliphatic heterocycles. The molecular weight excluding hydrogens is 386 g/mol. The first-order chi connectivity index (χ1) is 13.5. The van der Waals surface area contributed by atoms with Gasteiger partial charge in [-0.15, -0.1) is 4.37 Å². The van der Waals surface area contributed by atoms with Gasteiger partial charge in [0.2, 0.25) is 5.89 Å². The van der Waals surface area contributed by atoms with Gasteiger partial charge >= 0.3 is 12.0 Å². The van der Waals surface area contributed by atoms with Crippen LogP contribution in [0.5, 0.6) is 17.6 Å². The van der Waals surface area contributed by atoms with Gasteiger partial charge in [0, 0.05) is 5.56 Å². The molecule has 0 fully saturated rings. The molecule has 4 rings (SSSR count). The van der Waals surface area contributed by atoms with E-state index in [1.807, 2.05) is 13.8 Å². The highest BCUT2D eigenvalue weighted by molar-refractivity contribution is 6.99. The molecule has 4 aromatic rings. The fourth-order valence-electron chi connectivity index (χ4n) is 2.62. The molecule has 1 aromatic carbocycles. The maximum atomic E-state index is 10.7. The van der Waals surface area contributed by atoms with Crippen LogP contribution < -0.4 is 9.47 Å². The topological polar surface area (TPSA) is 133 Å². The SMILES string of the molecule is Cc1cc(-c2nc3cnc(Oc4cnsn4)nc3o2)cc(C)c1OCC(=O)O. The van der Waals surface area contributed by atoms with E-state index in [4.69, 9.17) is 19.0 Å². The van der Waals surface area contributed by atoms with Crippen molar-refractivity contribution in [3.8, 4) is 29.1 Å². The molecule has 0 atom stereocenters. The minimum atomic E-state index is -1.04. The maximum absolute atomic E-state index is 10.7. The lowest BCUT2D eigenvalue weighted by Crippen LogP contribution is -2.10. The molecule has 0 spiro atoms. The van der Waals surface area contributed by atoms with Gasteiger partial charge in [-0.2, -0.15) is 9.36 Å². The summed E-state index contributed by atoms with van der Waals surface area (Å²) in [6.45, 7) is 3.24. The van der Waals surface area contributed by atoms with E-state index in [9.17, 15) is 4.79 Å². The van der Waals surface area contributed by atoms with Crippen LogP contribution in [0.15, 0.2) is 28.9 Å². The molecule has 1 N–H and O–H groups in total. The molecule has 0 radical (unpaired) electrons. The lowest BCUT2D eigenvalue weighted by molar-refractivity contribution is -0.139. The minimum absolute atomic E-state index is 0.0766. The van der Waals surface area contributed by atoms with Crippen molar-refractivity contribution in [2.45, 2.75) is 13.8 Å². The van der Waals surface area contributed by atoms with Gasteiger partial charge in [-0.1, -0.05) is 0 Å². The predicted molar refractivity (Wildman–Crippen MR) is 97.6 cm³/mol. The van der Waals surface area contributed by atoms with E-state index in [1.165, 1.54) is 12.4 Å². The van der Waals surface area contributed by atoms with Crippen LogP contribution in [0.2, 0.25) is 0 Å². The molecule has 142 valence electrons. The zero-order valence-corrected chi connectivity index (χ0v) is 15.6.